The molecule has 1 rings (SSSR count). The van der Waals surface area contributed by atoms with Crippen LogP contribution in [0.1, 0.15) is 42.3 Å². The molecule has 0 unspecified atom stereocenters. The van der Waals surface area contributed by atoms with Gasteiger partial charge < -0.3 is 10.0 Å². The fraction of sp³-hybridized carbons (Fsp3) is 0.412. The van der Waals surface area contributed by atoms with Crippen molar-refractivity contribution in [3.05, 3.63) is 41.0 Å². The third kappa shape index (κ3) is 5.06. The average Bonchev–Trinajstić information content (AvgIpc) is 2.34. The maximum atomic E-state index is 12.5. The van der Waals surface area contributed by atoms with Crippen molar-refractivity contribution in [2.75, 3.05) is 13.6 Å². The minimum atomic E-state index is -1.00. The van der Waals surface area contributed by atoms with Crippen molar-refractivity contribution in [2.45, 2.75) is 27.7 Å². The summed E-state index contributed by atoms with van der Waals surface area (Å²) >= 11 is 0. The smallest absolute Gasteiger partial charge is 0.328 e. The van der Waals surface area contributed by atoms with Gasteiger partial charge in [-0.15, -0.1) is 0 Å². The van der Waals surface area contributed by atoms with Crippen LogP contribution in [-0.4, -0.2) is 35.5 Å². The number of carbonyl (C=O) groups excluding carboxylic acids is 1. The number of hydrogen-bond donors (Lipinski definition) is 1. The second-order valence-electron chi connectivity index (χ2n) is 6.41. The van der Waals surface area contributed by atoms with Crippen LogP contribution >= 0.6 is 0 Å². The number of carbonyl (C=O) groups is 2. The molecule has 21 heavy (non-hydrogen) atoms. The Balaban J connectivity index is 3.06. The Kier molecular flexibility index (Phi) is 5.30. The second-order valence-corrected chi connectivity index (χ2v) is 6.41. The van der Waals surface area contributed by atoms with Crippen molar-refractivity contribution in [1.29, 1.82) is 0 Å². The molecule has 0 aliphatic rings. The van der Waals surface area contributed by atoms with Crippen LogP contribution in [0.2, 0.25) is 0 Å². The summed E-state index contributed by atoms with van der Waals surface area (Å²) in [7, 11) is 1.78. The summed E-state index contributed by atoms with van der Waals surface area (Å²) < 4.78 is 0. The Hall–Kier alpha value is -2.10. The van der Waals surface area contributed by atoms with Gasteiger partial charge in [-0.3, -0.25) is 4.79 Å². The fourth-order valence-corrected chi connectivity index (χ4v) is 2.22. The molecule has 0 spiro atoms. The van der Waals surface area contributed by atoms with E-state index >= 15 is 0 Å². The molecule has 0 bridgehead atoms. The zero-order valence-corrected chi connectivity index (χ0v) is 13.3. The number of rotatable bonds is 4. The van der Waals surface area contributed by atoms with Gasteiger partial charge in [0.25, 0.3) is 5.91 Å². The largest absolute Gasteiger partial charge is 0.478 e. The van der Waals surface area contributed by atoms with E-state index in [9.17, 15) is 9.59 Å². The van der Waals surface area contributed by atoms with Crippen LogP contribution in [0.4, 0.5) is 0 Å². The number of benzene rings is 1. The van der Waals surface area contributed by atoms with Gasteiger partial charge in [-0.2, -0.15) is 0 Å². The van der Waals surface area contributed by atoms with Crippen molar-refractivity contribution in [3.63, 3.8) is 0 Å². The Labute approximate surface area is 126 Å². The minimum Gasteiger partial charge on any atom is -0.478 e. The van der Waals surface area contributed by atoms with Gasteiger partial charge >= 0.3 is 5.97 Å². The molecule has 1 aromatic carbocycles. The highest BCUT2D eigenvalue weighted by Gasteiger charge is 2.20. The van der Waals surface area contributed by atoms with Crippen molar-refractivity contribution >= 4 is 18.0 Å². The van der Waals surface area contributed by atoms with Crippen LogP contribution in [0.25, 0.3) is 6.08 Å². The molecule has 114 valence electrons. The molecule has 0 fully saturated rings. The number of carboxylic acids is 1. The molecular formula is C17H23NO3. The van der Waals surface area contributed by atoms with Crippen LogP contribution < -0.4 is 0 Å². The standard InChI is InChI=1S/C17H23NO3/c1-12-13(9-10-15(19)20)7-6-8-14(12)16(21)18(5)11-17(2,3)4/h6-10H,11H2,1-5H3,(H,19,20). The van der Waals surface area contributed by atoms with E-state index in [0.717, 1.165) is 17.2 Å². The van der Waals surface area contributed by atoms with E-state index in [1.807, 2.05) is 6.92 Å². The van der Waals surface area contributed by atoms with Gasteiger partial charge in [0.15, 0.2) is 0 Å². The number of aliphatic carboxylic acids is 1. The van der Waals surface area contributed by atoms with E-state index in [1.54, 1.807) is 30.1 Å². The van der Waals surface area contributed by atoms with Crippen LogP contribution in [0, 0.1) is 12.3 Å². The lowest BCUT2D eigenvalue weighted by Crippen LogP contribution is -2.34. The van der Waals surface area contributed by atoms with Gasteiger partial charge in [0.2, 0.25) is 0 Å². The van der Waals surface area contributed by atoms with E-state index < -0.39 is 5.97 Å². The Morgan fingerprint density at radius 3 is 2.43 bits per heavy atom. The Bertz CT molecular complexity index is 568. The van der Waals surface area contributed by atoms with E-state index in [1.165, 1.54) is 6.08 Å². The first-order valence-electron chi connectivity index (χ1n) is 6.88. The highest BCUT2D eigenvalue weighted by Crippen LogP contribution is 2.20. The molecular weight excluding hydrogens is 266 g/mol. The van der Waals surface area contributed by atoms with Crippen LogP contribution in [0.15, 0.2) is 24.3 Å². The maximum Gasteiger partial charge on any atom is 0.328 e. The summed E-state index contributed by atoms with van der Waals surface area (Å²) in [4.78, 5) is 24.8. The molecule has 1 N–H and O–H groups in total. The molecule has 4 nitrogen and oxygen atoms in total. The van der Waals surface area contributed by atoms with Crippen LogP contribution in [0.3, 0.4) is 0 Å². The fourth-order valence-electron chi connectivity index (χ4n) is 2.22. The number of hydrogen-bond acceptors (Lipinski definition) is 2. The van der Waals surface area contributed by atoms with E-state index in [2.05, 4.69) is 20.8 Å². The van der Waals surface area contributed by atoms with E-state index in [-0.39, 0.29) is 11.3 Å². The summed E-state index contributed by atoms with van der Waals surface area (Å²) in [6.45, 7) is 8.72. The van der Waals surface area contributed by atoms with Crippen molar-refractivity contribution < 1.29 is 14.7 Å². The summed E-state index contributed by atoms with van der Waals surface area (Å²) in [6.07, 6.45) is 2.59. The van der Waals surface area contributed by atoms with Crippen molar-refractivity contribution in [3.8, 4) is 0 Å². The van der Waals surface area contributed by atoms with E-state index in [4.69, 9.17) is 5.11 Å². The number of amides is 1. The SMILES string of the molecule is Cc1c(C=CC(=O)O)cccc1C(=O)N(C)CC(C)(C)C. The van der Waals surface area contributed by atoms with Gasteiger partial charge in [-0.05, 0) is 35.6 Å². The first kappa shape index (κ1) is 17.0. The van der Waals surface area contributed by atoms with Crippen LogP contribution in [-0.2, 0) is 4.79 Å². The van der Waals surface area contributed by atoms with Crippen LogP contribution in [0.5, 0.6) is 0 Å². The van der Waals surface area contributed by atoms with Gasteiger partial charge in [0, 0.05) is 25.2 Å². The third-order valence-corrected chi connectivity index (χ3v) is 3.07. The predicted octanol–water partition coefficient (Wildman–Crippen LogP) is 3.21. The lowest BCUT2D eigenvalue weighted by molar-refractivity contribution is -0.131. The number of carboxylic acid groups (broad SMARTS) is 1. The van der Waals surface area contributed by atoms with Gasteiger partial charge in [0.1, 0.15) is 0 Å². The molecule has 0 aliphatic heterocycles. The number of nitrogens with zero attached hydrogens (tertiary/aromatic N) is 1. The van der Waals surface area contributed by atoms with Crippen molar-refractivity contribution in [1.82, 2.24) is 4.90 Å². The van der Waals surface area contributed by atoms with Crippen molar-refractivity contribution in [2.24, 2.45) is 5.41 Å². The second kappa shape index (κ2) is 6.57. The van der Waals surface area contributed by atoms with E-state index in [0.29, 0.717) is 12.1 Å². The molecule has 0 saturated heterocycles. The first-order chi connectivity index (χ1) is 9.61. The molecule has 0 aromatic heterocycles. The van der Waals surface area contributed by atoms with Gasteiger partial charge in [-0.25, -0.2) is 4.79 Å². The first-order valence-corrected chi connectivity index (χ1v) is 6.88. The minimum absolute atomic E-state index is 0.0269. The molecule has 0 aliphatic carbocycles. The maximum absolute atomic E-state index is 12.5. The Morgan fingerprint density at radius 2 is 1.90 bits per heavy atom. The predicted molar refractivity (Wildman–Crippen MR) is 84.3 cm³/mol. The highest BCUT2D eigenvalue weighted by molar-refractivity contribution is 5.96. The lowest BCUT2D eigenvalue weighted by Gasteiger charge is -2.27. The third-order valence-electron chi connectivity index (χ3n) is 3.07. The van der Waals surface area contributed by atoms with Gasteiger partial charge in [-0.1, -0.05) is 32.9 Å². The molecule has 4 heteroatoms. The molecule has 0 radical (unpaired) electrons. The molecule has 0 saturated carbocycles. The molecule has 1 aromatic rings. The Morgan fingerprint density at radius 1 is 1.29 bits per heavy atom. The van der Waals surface area contributed by atoms with Gasteiger partial charge in [0.05, 0.1) is 0 Å². The normalized spacial score (nSPS) is 11.7. The highest BCUT2D eigenvalue weighted by atomic mass is 16.4. The topological polar surface area (TPSA) is 57.6 Å². The molecule has 0 atom stereocenters. The average molecular weight is 289 g/mol. The molecule has 1 amide bonds. The summed E-state index contributed by atoms with van der Waals surface area (Å²) in [5, 5.41) is 8.70. The zero-order chi connectivity index (χ0) is 16.2. The summed E-state index contributed by atoms with van der Waals surface area (Å²) in [5.74, 6) is -1.05. The summed E-state index contributed by atoms with van der Waals surface area (Å²) in [5.41, 5.74) is 2.17. The monoisotopic (exact) mass is 289 g/mol. The zero-order valence-electron chi connectivity index (χ0n) is 13.3. The molecule has 0 heterocycles. The quantitative estimate of drug-likeness (QED) is 0.866. The lowest BCUT2D eigenvalue weighted by atomic mass is 9.95. The summed E-state index contributed by atoms with van der Waals surface area (Å²) in [6, 6.07) is 5.34.